The molecule has 2 aromatic rings. The molecule has 7 heteroatoms. The first kappa shape index (κ1) is 20.1. The van der Waals surface area contributed by atoms with Gasteiger partial charge in [0.1, 0.15) is 17.4 Å². The summed E-state index contributed by atoms with van der Waals surface area (Å²) in [6.45, 7) is 4.24. The Morgan fingerprint density at radius 1 is 1.43 bits per heavy atom. The minimum Gasteiger partial charge on any atom is -0.497 e. The molecule has 2 N–H and O–H groups in total. The molecule has 7 nitrogen and oxygen atoms in total. The zero-order valence-electron chi connectivity index (χ0n) is 16.8. The van der Waals surface area contributed by atoms with Crippen molar-refractivity contribution in [3.05, 3.63) is 47.9 Å². The highest BCUT2D eigenvalue weighted by Gasteiger charge is 2.29. The summed E-state index contributed by atoms with van der Waals surface area (Å²) in [6, 6.07) is 9.93. The van der Waals surface area contributed by atoms with Crippen LogP contribution >= 0.6 is 0 Å². The summed E-state index contributed by atoms with van der Waals surface area (Å²) in [7, 11) is 3.70. The maximum atomic E-state index is 12.8. The van der Waals surface area contributed by atoms with E-state index in [2.05, 4.69) is 21.8 Å². The summed E-state index contributed by atoms with van der Waals surface area (Å²) < 4.78 is 5.29. The first-order valence-electron chi connectivity index (χ1n) is 9.65. The van der Waals surface area contributed by atoms with Crippen LogP contribution < -0.4 is 10.5 Å². The third-order valence-corrected chi connectivity index (χ3v) is 5.40. The van der Waals surface area contributed by atoms with Crippen molar-refractivity contribution in [2.24, 2.45) is 0 Å². The average Bonchev–Trinajstić information content (AvgIpc) is 3.18. The van der Waals surface area contributed by atoms with E-state index in [-0.39, 0.29) is 11.8 Å². The number of ether oxygens (including phenoxy) is 1. The van der Waals surface area contributed by atoms with Gasteiger partial charge in [0, 0.05) is 31.7 Å². The van der Waals surface area contributed by atoms with Gasteiger partial charge in [-0.3, -0.25) is 9.69 Å². The van der Waals surface area contributed by atoms with Gasteiger partial charge in [0.15, 0.2) is 0 Å². The van der Waals surface area contributed by atoms with Crippen LogP contribution in [0.3, 0.4) is 0 Å². The van der Waals surface area contributed by atoms with E-state index in [4.69, 9.17) is 10.5 Å². The second kappa shape index (κ2) is 9.01. The molecule has 2 atom stereocenters. The number of rotatable bonds is 7. The third kappa shape index (κ3) is 4.98. The van der Waals surface area contributed by atoms with Crippen LogP contribution in [0.1, 0.15) is 37.1 Å². The SMILES string of the molecule is COc1cccc(C(C)CC(=O)N2CCC(N(C)Cc3nccc(N)n3)C2)c1. The molecule has 1 amide bonds. The van der Waals surface area contributed by atoms with Crippen molar-refractivity contribution in [3.63, 3.8) is 0 Å². The number of nitrogens with two attached hydrogens (primary N) is 1. The Hall–Kier alpha value is -2.67. The van der Waals surface area contributed by atoms with Crippen molar-refractivity contribution in [2.45, 2.75) is 38.3 Å². The predicted molar refractivity (Wildman–Crippen MR) is 109 cm³/mol. The predicted octanol–water partition coefficient (Wildman–Crippen LogP) is 2.29. The molecule has 1 aromatic heterocycles. The zero-order chi connectivity index (χ0) is 20.1. The van der Waals surface area contributed by atoms with Crippen LogP contribution in [0.25, 0.3) is 0 Å². The Balaban J connectivity index is 1.53. The molecule has 0 bridgehead atoms. The molecule has 0 saturated carbocycles. The Morgan fingerprint density at radius 3 is 3.00 bits per heavy atom. The highest BCUT2D eigenvalue weighted by molar-refractivity contribution is 5.77. The lowest BCUT2D eigenvalue weighted by Gasteiger charge is -2.24. The Kier molecular flexibility index (Phi) is 6.46. The third-order valence-electron chi connectivity index (χ3n) is 5.40. The fourth-order valence-corrected chi connectivity index (χ4v) is 3.63. The van der Waals surface area contributed by atoms with Gasteiger partial charge in [-0.05, 0) is 43.1 Å². The summed E-state index contributed by atoms with van der Waals surface area (Å²) in [4.78, 5) is 25.5. The molecule has 1 aliphatic rings. The number of benzene rings is 1. The number of carbonyl (C=O) groups is 1. The van der Waals surface area contributed by atoms with Crippen LogP contribution in [0.4, 0.5) is 5.82 Å². The normalized spacial score (nSPS) is 17.7. The number of nitrogen functional groups attached to an aromatic ring is 1. The Labute approximate surface area is 166 Å². The molecule has 0 radical (unpaired) electrons. The molecule has 1 aliphatic heterocycles. The van der Waals surface area contributed by atoms with E-state index in [1.54, 1.807) is 19.4 Å². The van der Waals surface area contributed by atoms with Crippen molar-refractivity contribution in [3.8, 4) is 5.75 Å². The van der Waals surface area contributed by atoms with E-state index in [1.807, 2.05) is 36.2 Å². The largest absolute Gasteiger partial charge is 0.497 e. The number of anilines is 1. The number of carbonyl (C=O) groups excluding carboxylic acids is 1. The van der Waals surface area contributed by atoms with Crippen molar-refractivity contribution >= 4 is 11.7 Å². The lowest BCUT2D eigenvalue weighted by Crippen LogP contribution is -2.36. The quantitative estimate of drug-likeness (QED) is 0.790. The van der Waals surface area contributed by atoms with Crippen molar-refractivity contribution in [1.82, 2.24) is 19.8 Å². The minimum absolute atomic E-state index is 0.153. The van der Waals surface area contributed by atoms with Gasteiger partial charge in [0.2, 0.25) is 5.91 Å². The molecule has 1 saturated heterocycles. The monoisotopic (exact) mass is 383 g/mol. The van der Waals surface area contributed by atoms with Crippen LogP contribution in [-0.4, -0.2) is 59.0 Å². The lowest BCUT2D eigenvalue weighted by atomic mass is 9.97. The van der Waals surface area contributed by atoms with Crippen LogP contribution in [-0.2, 0) is 11.3 Å². The summed E-state index contributed by atoms with van der Waals surface area (Å²) in [5, 5.41) is 0. The van der Waals surface area contributed by atoms with Crippen LogP contribution in [0.5, 0.6) is 5.75 Å². The van der Waals surface area contributed by atoms with Gasteiger partial charge in [-0.25, -0.2) is 9.97 Å². The van der Waals surface area contributed by atoms with Crippen LogP contribution in [0.15, 0.2) is 36.5 Å². The molecule has 2 unspecified atom stereocenters. The van der Waals surface area contributed by atoms with Gasteiger partial charge < -0.3 is 15.4 Å². The van der Waals surface area contributed by atoms with Gasteiger partial charge in [0.25, 0.3) is 0 Å². The number of hydrogen-bond donors (Lipinski definition) is 1. The van der Waals surface area contributed by atoms with E-state index < -0.39 is 0 Å². The van der Waals surface area contributed by atoms with E-state index in [1.165, 1.54) is 0 Å². The highest BCUT2D eigenvalue weighted by atomic mass is 16.5. The van der Waals surface area contributed by atoms with E-state index in [0.29, 0.717) is 30.6 Å². The van der Waals surface area contributed by atoms with Crippen molar-refractivity contribution in [2.75, 3.05) is 33.0 Å². The number of amides is 1. The van der Waals surface area contributed by atoms with Gasteiger partial charge in [-0.15, -0.1) is 0 Å². The second-order valence-corrected chi connectivity index (χ2v) is 7.48. The number of likely N-dealkylation sites (N-methyl/N-ethyl adjacent to an activating group) is 1. The highest BCUT2D eigenvalue weighted by Crippen LogP contribution is 2.25. The number of likely N-dealkylation sites (tertiary alicyclic amines) is 1. The van der Waals surface area contributed by atoms with Crippen molar-refractivity contribution < 1.29 is 9.53 Å². The molecule has 150 valence electrons. The van der Waals surface area contributed by atoms with E-state index >= 15 is 0 Å². The maximum absolute atomic E-state index is 12.8. The van der Waals surface area contributed by atoms with E-state index in [9.17, 15) is 4.79 Å². The van der Waals surface area contributed by atoms with Crippen LogP contribution in [0.2, 0.25) is 0 Å². The molecule has 28 heavy (non-hydrogen) atoms. The summed E-state index contributed by atoms with van der Waals surface area (Å²) in [5.41, 5.74) is 6.86. The van der Waals surface area contributed by atoms with Gasteiger partial charge in [-0.1, -0.05) is 19.1 Å². The van der Waals surface area contributed by atoms with Gasteiger partial charge in [-0.2, -0.15) is 0 Å². The number of nitrogens with zero attached hydrogens (tertiary/aromatic N) is 4. The standard InChI is InChI=1S/C21H29N5O2/c1-15(16-5-4-6-18(12-16)28-3)11-21(27)26-10-8-17(13-26)25(2)14-20-23-9-7-19(22)24-20/h4-7,9,12,15,17H,8,10-11,13-14H2,1-3H3,(H2,22,23,24). The number of hydrogen-bond acceptors (Lipinski definition) is 6. The molecule has 0 aliphatic carbocycles. The van der Waals surface area contributed by atoms with Crippen LogP contribution in [0, 0.1) is 0 Å². The van der Waals surface area contributed by atoms with Gasteiger partial charge >= 0.3 is 0 Å². The summed E-state index contributed by atoms with van der Waals surface area (Å²) >= 11 is 0. The zero-order valence-corrected chi connectivity index (χ0v) is 16.8. The first-order valence-corrected chi connectivity index (χ1v) is 9.65. The number of aromatic nitrogens is 2. The van der Waals surface area contributed by atoms with Crippen molar-refractivity contribution in [1.29, 1.82) is 0 Å². The Morgan fingerprint density at radius 2 is 2.25 bits per heavy atom. The maximum Gasteiger partial charge on any atom is 0.223 e. The smallest absolute Gasteiger partial charge is 0.223 e. The summed E-state index contributed by atoms with van der Waals surface area (Å²) in [5.74, 6) is 2.36. The molecule has 2 heterocycles. The fourth-order valence-electron chi connectivity index (χ4n) is 3.63. The van der Waals surface area contributed by atoms with Gasteiger partial charge in [0.05, 0.1) is 13.7 Å². The molecular weight excluding hydrogens is 354 g/mol. The summed E-state index contributed by atoms with van der Waals surface area (Å²) in [6.07, 6.45) is 3.13. The molecule has 0 spiro atoms. The number of methoxy groups -OCH3 is 1. The lowest BCUT2D eigenvalue weighted by molar-refractivity contribution is -0.130. The molecule has 1 fully saturated rings. The van der Waals surface area contributed by atoms with E-state index in [0.717, 1.165) is 30.8 Å². The molecule has 3 rings (SSSR count). The topological polar surface area (TPSA) is 84.6 Å². The minimum atomic E-state index is 0.153. The Bertz CT molecular complexity index is 813. The fraction of sp³-hybridized carbons (Fsp3) is 0.476. The second-order valence-electron chi connectivity index (χ2n) is 7.48. The molecule has 1 aromatic carbocycles. The molecular formula is C21H29N5O2. The first-order chi connectivity index (χ1) is 13.5. The average molecular weight is 383 g/mol.